The van der Waals surface area contributed by atoms with Crippen LogP contribution in [0.1, 0.15) is 24.5 Å². The standard InChI is InChI=1S/C18H22N2Si/c1-5-6-16-13-19-18(20-14-16)17-9-7-15(8-10-17)11-12-21(2,3)4/h7-10,13-14H,5-6H2,1-4H3. The largest absolute Gasteiger partial charge is 0.236 e. The molecule has 0 bridgehead atoms. The molecule has 0 radical (unpaired) electrons. The van der Waals surface area contributed by atoms with Crippen molar-refractivity contribution >= 4 is 8.07 Å². The predicted octanol–water partition coefficient (Wildman–Crippen LogP) is 4.33. The highest BCUT2D eigenvalue weighted by atomic mass is 28.3. The van der Waals surface area contributed by atoms with Crippen LogP contribution in [-0.2, 0) is 6.42 Å². The van der Waals surface area contributed by atoms with Gasteiger partial charge in [0.15, 0.2) is 5.82 Å². The van der Waals surface area contributed by atoms with Gasteiger partial charge in [-0.05, 0) is 36.2 Å². The molecule has 0 spiro atoms. The van der Waals surface area contributed by atoms with Crippen LogP contribution in [0, 0.1) is 11.5 Å². The average Bonchev–Trinajstić information content (AvgIpc) is 2.46. The Morgan fingerprint density at radius 2 is 1.62 bits per heavy atom. The number of aryl methyl sites for hydroxylation is 1. The summed E-state index contributed by atoms with van der Waals surface area (Å²) in [6.07, 6.45) is 5.99. The van der Waals surface area contributed by atoms with Crippen molar-refractivity contribution in [2.24, 2.45) is 0 Å². The monoisotopic (exact) mass is 294 g/mol. The highest BCUT2D eigenvalue weighted by Crippen LogP contribution is 2.15. The molecule has 0 N–H and O–H groups in total. The Kier molecular flexibility index (Phi) is 4.92. The Morgan fingerprint density at radius 1 is 1.00 bits per heavy atom. The van der Waals surface area contributed by atoms with Crippen LogP contribution in [0.5, 0.6) is 0 Å². The van der Waals surface area contributed by atoms with Crippen LogP contribution in [0.15, 0.2) is 36.7 Å². The van der Waals surface area contributed by atoms with E-state index in [9.17, 15) is 0 Å². The first-order valence-corrected chi connectivity index (χ1v) is 10.9. The highest BCUT2D eigenvalue weighted by molar-refractivity contribution is 6.83. The Bertz CT molecular complexity index is 641. The SMILES string of the molecule is CCCc1cnc(-c2ccc(C#C[Si](C)(C)C)cc2)nc1. The van der Waals surface area contributed by atoms with Crippen molar-refractivity contribution in [3.05, 3.63) is 47.8 Å². The summed E-state index contributed by atoms with van der Waals surface area (Å²) in [7, 11) is -1.32. The number of aromatic nitrogens is 2. The Morgan fingerprint density at radius 3 is 2.14 bits per heavy atom. The molecule has 1 aromatic carbocycles. The van der Waals surface area contributed by atoms with Crippen LogP contribution in [-0.4, -0.2) is 18.0 Å². The van der Waals surface area contributed by atoms with Gasteiger partial charge in [0.05, 0.1) is 0 Å². The van der Waals surface area contributed by atoms with Gasteiger partial charge in [-0.15, -0.1) is 5.54 Å². The molecule has 2 rings (SSSR count). The lowest BCUT2D eigenvalue weighted by Gasteiger charge is -2.04. The molecule has 2 aromatic rings. The van der Waals surface area contributed by atoms with E-state index in [2.05, 4.69) is 48.0 Å². The molecule has 21 heavy (non-hydrogen) atoms. The minimum atomic E-state index is -1.32. The van der Waals surface area contributed by atoms with Gasteiger partial charge >= 0.3 is 0 Å². The topological polar surface area (TPSA) is 25.8 Å². The van der Waals surface area contributed by atoms with Gasteiger partial charge in [-0.25, -0.2) is 9.97 Å². The van der Waals surface area contributed by atoms with Crippen LogP contribution in [0.3, 0.4) is 0 Å². The zero-order valence-corrected chi connectivity index (χ0v) is 14.3. The second-order valence-corrected chi connectivity index (χ2v) is 11.0. The summed E-state index contributed by atoms with van der Waals surface area (Å²) in [5.74, 6) is 4.04. The molecule has 0 unspecified atom stereocenters. The van der Waals surface area contributed by atoms with Crippen LogP contribution < -0.4 is 0 Å². The van der Waals surface area contributed by atoms with Gasteiger partial charge in [0.1, 0.15) is 8.07 Å². The summed E-state index contributed by atoms with van der Waals surface area (Å²) < 4.78 is 0. The molecule has 0 fully saturated rings. The van der Waals surface area contributed by atoms with Crippen molar-refractivity contribution < 1.29 is 0 Å². The molecule has 108 valence electrons. The van der Waals surface area contributed by atoms with E-state index in [0.717, 1.165) is 29.8 Å². The van der Waals surface area contributed by atoms with Crippen LogP contribution in [0.2, 0.25) is 19.6 Å². The molecular weight excluding hydrogens is 272 g/mol. The molecule has 0 saturated carbocycles. The maximum Gasteiger partial charge on any atom is 0.159 e. The fourth-order valence-electron chi connectivity index (χ4n) is 1.88. The van der Waals surface area contributed by atoms with Crippen molar-refractivity contribution in [1.29, 1.82) is 0 Å². The first-order valence-electron chi connectivity index (χ1n) is 7.42. The summed E-state index contributed by atoms with van der Waals surface area (Å²) in [4.78, 5) is 8.88. The van der Waals surface area contributed by atoms with Gasteiger partial charge in [0.2, 0.25) is 0 Å². The molecule has 0 amide bonds. The van der Waals surface area contributed by atoms with Gasteiger partial charge in [0.25, 0.3) is 0 Å². The van der Waals surface area contributed by atoms with E-state index < -0.39 is 8.07 Å². The predicted molar refractivity (Wildman–Crippen MR) is 91.7 cm³/mol. The summed E-state index contributed by atoms with van der Waals surface area (Å²) in [6, 6.07) is 8.18. The van der Waals surface area contributed by atoms with Crippen molar-refractivity contribution in [2.45, 2.75) is 39.4 Å². The zero-order valence-electron chi connectivity index (χ0n) is 13.3. The van der Waals surface area contributed by atoms with E-state index in [1.54, 1.807) is 0 Å². The van der Waals surface area contributed by atoms with E-state index in [-0.39, 0.29) is 0 Å². The fraction of sp³-hybridized carbons (Fsp3) is 0.333. The van der Waals surface area contributed by atoms with Crippen molar-refractivity contribution in [1.82, 2.24) is 9.97 Å². The summed E-state index contributed by atoms with van der Waals surface area (Å²) in [5, 5.41) is 0. The molecule has 0 saturated heterocycles. The number of hydrogen-bond donors (Lipinski definition) is 0. The number of benzene rings is 1. The van der Waals surface area contributed by atoms with Crippen molar-refractivity contribution in [3.63, 3.8) is 0 Å². The smallest absolute Gasteiger partial charge is 0.159 e. The number of hydrogen-bond acceptors (Lipinski definition) is 2. The molecule has 0 aliphatic carbocycles. The lowest BCUT2D eigenvalue weighted by molar-refractivity contribution is 0.902. The molecule has 2 nitrogen and oxygen atoms in total. The van der Waals surface area contributed by atoms with Gasteiger partial charge in [-0.3, -0.25) is 0 Å². The van der Waals surface area contributed by atoms with E-state index in [4.69, 9.17) is 0 Å². The van der Waals surface area contributed by atoms with Crippen LogP contribution >= 0.6 is 0 Å². The molecule has 0 atom stereocenters. The molecule has 0 aliphatic rings. The lowest BCUT2D eigenvalue weighted by atomic mass is 10.1. The lowest BCUT2D eigenvalue weighted by Crippen LogP contribution is -2.16. The van der Waals surface area contributed by atoms with Crippen LogP contribution in [0.4, 0.5) is 0 Å². The Balaban J connectivity index is 2.16. The van der Waals surface area contributed by atoms with Gasteiger partial charge in [-0.2, -0.15) is 0 Å². The molecule has 1 heterocycles. The van der Waals surface area contributed by atoms with Crippen molar-refractivity contribution in [3.8, 4) is 22.9 Å². The maximum absolute atomic E-state index is 4.44. The average molecular weight is 294 g/mol. The first-order chi connectivity index (χ1) is 9.98. The molecular formula is C18H22N2Si. The second-order valence-electron chi connectivity index (χ2n) is 6.24. The summed E-state index contributed by atoms with van der Waals surface area (Å²) >= 11 is 0. The highest BCUT2D eigenvalue weighted by Gasteiger charge is 2.07. The third-order valence-corrected chi connectivity index (χ3v) is 3.84. The number of rotatable bonds is 3. The fourth-order valence-corrected chi connectivity index (χ4v) is 2.40. The third kappa shape index (κ3) is 4.84. The van der Waals surface area contributed by atoms with Crippen LogP contribution in [0.25, 0.3) is 11.4 Å². The summed E-state index contributed by atoms with van der Waals surface area (Å²) in [6.45, 7) is 8.91. The summed E-state index contributed by atoms with van der Waals surface area (Å²) in [5.41, 5.74) is 6.67. The van der Waals surface area contributed by atoms with Gasteiger partial charge < -0.3 is 0 Å². The second kappa shape index (κ2) is 6.69. The van der Waals surface area contributed by atoms with E-state index in [1.165, 1.54) is 5.56 Å². The molecule has 3 heteroatoms. The number of nitrogens with zero attached hydrogens (tertiary/aromatic N) is 2. The third-order valence-electron chi connectivity index (χ3n) is 2.97. The molecule has 0 aliphatic heterocycles. The zero-order chi connectivity index (χ0) is 15.3. The molecule has 1 aromatic heterocycles. The van der Waals surface area contributed by atoms with E-state index in [0.29, 0.717) is 0 Å². The Hall–Kier alpha value is -1.92. The minimum absolute atomic E-state index is 0.777. The first kappa shape index (κ1) is 15.5. The van der Waals surface area contributed by atoms with E-state index >= 15 is 0 Å². The van der Waals surface area contributed by atoms with Crippen molar-refractivity contribution in [2.75, 3.05) is 0 Å². The minimum Gasteiger partial charge on any atom is -0.236 e. The maximum atomic E-state index is 4.44. The normalized spacial score (nSPS) is 10.9. The Labute approximate surface area is 128 Å². The van der Waals surface area contributed by atoms with Gasteiger partial charge in [0, 0.05) is 23.5 Å². The van der Waals surface area contributed by atoms with E-state index in [1.807, 2.05) is 36.7 Å². The van der Waals surface area contributed by atoms with Gasteiger partial charge in [-0.1, -0.05) is 38.9 Å². The quantitative estimate of drug-likeness (QED) is 0.622.